The van der Waals surface area contributed by atoms with Gasteiger partial charge in [-0.25, -0.2) is 4.79 Å². The first kappa shape index (κ1) is 19.0. The molecule has 0 unspecified atom stereocenters. The van der Waals surface area contributed by atoms with E-state index in [2.05, 4.69) is 29.2 Å². The largest absolute Gasteiger partial charge is 0.444 e. The van der Waals surface area contributed by atoms with Crippen LogP contribution in [0, 0.1) is 0 Å². The Balaban J connectivity index is 0.00000208. The minimum absolute atomic E-state index is 0. The first-order chi connectivity index (χ1) is 10.9. The van der Waals surface area contributed by atoms with Gasteiger partial charge in [0.2, 0.25) is 0 Å². The highest BCUT2D eigenvalue weighted by atomic mass is 35.5. The molecule has 1 aromatic carbocycles. The van der Waals surface area contributed by atoms with Gasteiger partial charge in [-0.3, -0.25) is 4.90 Å². The molecule has 2 heterocycles. The number of hydrogen-bond donors (Lipinski definition) is 0. The van der Waals surface area contributed by atoms with E-state index in [0.717, 1.165) is 19.7 Å². The number of likely N-dealkylation sites (tertiary alicyclic amines) is 1. The number of nitrogens with zero attached hydrogens (tertiary/aromatic N) is 2. The van der Waals surface area contributed by atoms with Gasteiger partial charge in [0.25, 0.3) is 0 Å². The van der Waals surface area contributed by atoms with Gasteiger partial charge >= 0.3 is 6.09 Å². The van der Waals surface area contributed by atoms with Crippen molar-refractivity contribution < 1.29 is 14.3 Å². The second-order valence-electron chi connectivity index (χ2n) is 7.32. The van der Waals surface area contributed by atoms with Crippen LogP contribution >= 0.6 is 12.4 Å². The average molecular weight is 355 g/mol. The molecule has 2 aliphatic rings. The predicted molar refractivity (Wildman–Crippen MR) is 95.4 cm³/mol. The summed E-state index contributed by atoms with van der Waals surface area (Å²) in [5.41, 5.74) is 0.832. The van der Waals surface area contributed by atoms with Crippen molar-refractivity contribution >= 4 is 18.5 Å². The highest BCUT2D eigenvalue weighted by Crippen LogP contribution is 2.25. The second kappa shape index (κ2) is 7.72. The molecule has 0 aliphatic carbocycles. The van der Waals surface area contributed by atoms with Gasteiger partial charge < -0.3 is 14.4 Å². The number of ether oxygens (including phenoxy) is 2. The van der Waals surface area contributed by atoms with Gasteiger partial charge in [-0.05, 0) is 26.3 Å². The van der Waals surface area contributed by atoms with Crippen LogP contribution in [0.3, 0.4) is 0 Å². The number of carbonyl (C=O) groups is 1. The standard InChI is InChI=1S/C18H26N2O3.ClH/c1-18(2,3)23-17(21)20-12-15-16(13-20)22-10-9-19(15)11-14-7-5-4-6-8-14;/h4-8,15-16H,9-13H2,1-3H3;1H/t15-,16-;/m0./s1. The molecule has 0 aromatic heterocycles. The zero-order valence-electron chi connectivity index (χ0n) is 14.6. The fraction of sp³-hybridized carbons (Fsp3) is 0.611. The number of benzene rings is 1. The smallest absolute Gasteiger partial charge is 0.410 e. The van der Waals surface area contributed by atoms with Crippen molar-refractivity contribution in [2.45, 2.75) is 45.1 Å². The zero-order chi connectivity index (χ0) is 16.4. The molecule has 2 atom stereocenters. The third kappa shape index (κ3) is 4.62. The van der Waals surface area contributed by atoms with E-state index in [9.17, 15) is 4.79 Å². The molecule has 24 heavy (non-hydrogen) atoms. The Bertz CT molecular complexity index is 547. The van der Waals surface area contributed by atoms with Gasteiger partial charge in [-0.15, -0.1) is 12.4 Å². The topological polar surface area (TPSA) is 42.0 Å². The Morgan fingerprint density at radius 1 is 1.25 bits per heavy atom. The highest BCUT2D eigenvalue weighted by molar-refractivity contribution is 5.85. The van der Waals surface area contributed by atoms with E-state index in [0.29, 0.717) is 13.1 Å². The Labute approximate surface area is 150 Å². The first-order valence-corrected chi connectivity index (χ1v) is 8.30. The van der Waals surface area contributed by atoms with Gasteiger partial charge in [-0.2, -0.15) is 0 Å². The normalized spacial score (nSPS) is 24.2. The van der Waals surface area contributed by atoms with E-state index in [-0.39, 0.29) is 30.6 Å². The van der Waals surface area contributed by atoms with Crippen LogP contribution in [0.15, 0.2) is 30.3 Å². The summed E-state index contributed by atoms with van der Waals surface area (Å²) < 4.78 is 11.4. The van der Waals surface area contributed by atoms with Gasteiger partial charge in [0.1, 0.15) is 5.60 Å². The second-order valence-corrected chi connectivity index (χ2v) is 7.32. The molecule has 0 spiro atoms. The molecule has 3 rings (SSSR count). The summed E-state index contributed by atoms with van der Waals surface area (Å²) >= 11 is 0. The molecule has 1 amide bonds. The highest BCUT2D eigenvalue weighted by Gasteiger charge is 2.42. The molecule has 0 radical (unpaired) electrons. The number of halogens is 1. The van der Waals surface area contributed by atoms with Crippen LogP contribution < -0.4 is 0 Å². The van der Waals surface area contributed by atoms with Crippen LogP contribution in [-0.2, 0) is 16.0 Å². The van der Waals surface area contributed by atoms with Crippen LogP contribution in [-0.4, -0.2) is 59.9 Å². The molecule has 1 aromatic rings. The molecule has 2 aliphatic heterocycles. The molecular weight excluding hydrogens is 328 g/mol. The van der Waals surface area contributed by atoms with E-state index in [1.807, 2.05) is 26.8 Å². The number of amides is 1. The summed E-state index contributed by atoms with van der Waals surface area (Å²) in [6.45, 7) is 9.49. The number of morpholine rings is 1. The SMILES string of the molecule is CC(C)(C)OC(=O)N1C[C@@H]2OCCN(Cc3ccccc3)[C@H]2C1.Cl. The van der Waals surface area contributed by atoms with Crippen LogP contribution in [0.5, 0.6) is 0 Å². The quantitative estimate of drug-likeness (QED) is 0.819. The minimum Gasteiger partial charge on any atom is -0.444 e. The third-order valence-corrected chi connectivity index (χ3v) is 4.30. The lowest BCUT2D eigenvalue weighted by atomic mass is 10.1. The van der Waals surface area contributed by atoms with Crippen LogP contribution in [0.25, 0.3) is 0 Å². The number of fused-ring (bicyclic) bond motifs is 1. The van der Waals surface area contributed by atoms with Crippen molar-refractivity contribution in [3.63, 3.8) is 0 Å². The average Bonchev–Trinajstić information content (AvgIpc) is 2.92. The van der Waals surface area contributed by atoms with E-state index in [1.165, 1.54) is 5.56 Å². The summed E-state index contributed by atoms with van der Waals surface area (Å²) in [6, 6.07) is 10.7. The molecule has 5 nitrogen and oxygen atoms in total. The maximum absolute atomic E-state index is 12.3. The lowest BCUT2D eigenvalue weighted by molar-refractivity contribution is -0.0505. The molecule has 2 fully saturated rings. The molecule has 134 valence electrons. The summed E-state index contributed by atoms with van der Waals surface area (Å²) in [5, 5.41) is 0. The van der Waals surface area contributed by atoms with Crippen molar-refractivity contribution in [2.24, 2.45) is 0 Å². The first-order valence-electron chi connectivity index (χ1n) is 8.30. The monoisotopic (exact) mass is 354 g/mol. The van der Waals surface area contributed by atoms with Crippen LogP contribution in [0.4, 0.5) is 4.79 Å². The fourth-order valence-corrected chi connectivity index (χ4v) is 3.25. The molecule has 0 bridgehead atoms. The van der Waals surface area contributed by atoms with Crippen LogP contribution in [0.2, 0.25) is 0 Å². The summed E-state index contributed by atoms with van der Waals surface area (Å²) in [5.74, 6) is 0. The van der Waals surface area contributed by atoms with Crippen molar-refractivity contribution in [3.05, 3.63) is 35.9 Å². The summed E-state index contributed by atoms with van der Waals surface area (Å²) in [4.78, 5) is 16.5. The van der Waals surface area contributed by atoms with Gasteiger partial charge in [0, 0.05) is 19.6 Å². The van der Waals surface area contributed by atoms with E-state index in [1.54, 1.807) is 4.90 Å². The molecule has 0 saturated carbocycles. The minimum atomic E-state index is -0.463. The Morgan fingerprint density at radius 2 is 1.96 bits per heavy atom. The lowest BCUT2D eigenvalue weighted by Crippen LogP contribution is -2.50. The third-order valence-electron chi connectivity index (χ3n) is 4.30. The fourth-order valence-electron chi connectivity index (χ4n) is 3.25. The zero-order valence-corrected chi connectivity index (χ0v) is 15.4. The lowest BCUT2D eigenvalue weighted by Gasteiger charge is -2.36. The van der Waals surface area contributed by atoms with Crippen molar-refractivity contribution in [2.75, 3.05) is 26.2 Å². The number of carbonyl (C=O) groups excluding carboxylic acids is 1. The van der Waals surface area contributed by atoms with Gasteiger partial charge in [0.15, 0.2) is 0 Å². The van der Waals surface area contributed by atoms with Crippen molar-refractivity contribution in [3.8, 4) is 0 Å². The molecule has 6 heteroatoms. The molecule has 0 N–H and O–H groups in total. The van der Waals surface area contributed by atoms with Gasteiger partial charge in [0.05, 0.1) is 25.3 Å². The van der Waals surface area contributed by atoms with E-state index < -0.39 is 5.60 Å². The van der Waals surface area contributed by atoms with Crippen molar-refractivity contribution in [1.82, 2.24) is 9.80 Å². The Kier molecular flexibility index (Phi) is 6.12. The predicted octanol–water partition coefficient (Wildman–Crippen LogP) is 2.93. The van der Waals surface area contributed by atoms with Crippen LogP contribution in [0.1, 0.15) is 26.3 Å². The number of rotatable bonds is 2. The number of hydrogen-bond acceptors (Lipinski definition) is 4. The Hall–Kier alpha value is -1.30. The summed E-state index contributed by atoms with van der Waals surface area (Å²) in [6.07, 6.45) is -0.157. The van der Waals surface area contributed by atoms with E-state index >= 15 is 0 Å². The molecular formula is C18H27ClN2O3. The Morgan fingerprint density at radius 3 is 2.62 bits per heavy atom. The summed E-state index contributed by atoms with van der Waals surface area (Å²) in [7, 11) is 0. The van der Waals surface area contributed by atoms with Gasteiger partial charge in [-0.1, -0.05) is 30.3 Å². The maximum Gasteiger partial charge on any atom is 0.410 e. The van der Waals surface area contributed by atoms with E-state index in [4.69, 9.17) is 9.47 Å². The van der Waals surface area contributed by atoms with Crippen molar-refractivity contribution in [1.29, 1.82) is 0 Å². The maximum atomic E-state index is 12.3. The molecule has 2 saturated heterocycles.